The van der Waals surface area contributed by atoms with Crippen molar-refractivity contribution < 1.29 is 33.4 Å². The van der Waals surface area contributed by atoms with Crippen molar-refractivity contribution in [2.24, 2.45) is 5.92 Å². The number of hydrogen-bond donors (Lipinski definition) is 5. The smallest absolute Gasteiger partial charge is 0.408 e. The van der Waals surface area contributed by atoms with Gasteiger partial charge in [0.1, 0.15) is 31.8 Å². The highest BCUT2D eigenvalue weighted by Gasteiger charge is 2.29. The van der Waals surface area contributed by atoms with Crippen LogP contribution in [0.4, 0.5) is 4.79 Å². The first-order valence-electron chi connectivity index (χ1n) is 15.7. The van der Waals surface area contributed by atoms with Crippen LogP contribution in [0.5, 0.6) is 0 Å². The summed E-state index contributed by atoms with van der Waals surface area (Å²) in [5.41, 5.74) is 3.26. The van der Waals surface area contributed by atoms with Gasteiger partial charge in [0.05, 0.1) is 6.54 Å². The van der Waals surface area contributed by atoms with Crippen LogP contribution < -0.4 is 21.3 Å². The largest absolute Gasteiger partial charge is 0.460 e. The van der Waals surface area contributed by atoms with Crippen molar-refractivity contribution in [3.05, 3.63) is 108 Å². The van der Waals surface area contributed by atoms with E-state index in [0.717, 1.165) is 27.6 Å². The number of nitrogens with one attached hydrogen (secondary N) is 5. The molecule has 4 amide bonds. The van der Waals surface area contributed by atoms with E-state index in [4.69, 9.17) is 9.47 Å². The van der Waals surface area contributed by atoms with Gasteiger partial charge in [-0.25, -0.2) is 4.79 Å². The van der Waals surface area contributed by atoms with Gasteiger partial charge >= 0.3 is 12.1 Å². The average molecular weight is 656 g/mol. The Morgan fingerprint density at radius 2 is 1.31 bits per heavy atom. The third kappa shape index (κ3) is 11.3. The van der Waals surface area contributed by atoms with E-state index >= 15 is 0 Å². The summed E-state index contributed by atoms with van der Waals surface area (Å²) in [6, 6.07) is 23.8. The number of benzene rings is 3. The number of amides is 4. The van der Waals surface area contributed by atoms with E-state index in [0.29, 0.717) is 0 Å². The second-order valence-corrected chi connectivity index (χ2v) is 11.7. The molecule has 0 saturated heterocycles. The maximum Gasteiger partial charge on any atom is 0.408 e. The molecule has 12 nitrogen and oxygen atoms in total. The Hall–Kier alpha value is -5.65. The second-order valence-electron chi connectivity index (χ2n) is 11.7. The molecule has 0 fully saturated rings. The van der Waals surface area contributed by atoms with Crippen LogP contribution in [0.25, 0.3) is 10.9 Å². The van der Waals surface area contributed by atoms with Gasteiger partial charge in [-0.15, -0.1) is 0 Å². The summed E-state index contributed by atoms with van der Waals surface area (Å²) < 4.78 is 10.5. The number of alkyl carbamates (subject to hydrolysis) is 1. The highest BCUT2D eigenvalue weighted by atomic mass is 16.5. The SMILES string of the molecule is CC(C)C[C@H](NC(=O)[C@H](Cc1c[nH]c2ccccc12)NC(=O)OCc1ccccc1)C(=O)NCC(=O)NCC(=O)OCc1ccccc1. The Morgan fingerprint density at radius 3 is 1.98 bits per heavy atom. The molecule has 0 bridgehead atoms. The molecule has 0 aliphatic rings. The fourth-order valence-corrected chi connectivity index (χ4v) is 4.92. The molecule has 0 aliphatic heterocycles. The molecule has 3 aromatic carbocycles. The number of para-hydroxylation sites is 1. The van der Waals surface area contributed by atoms with Crippen LogP contribution in [-0.4, -0.2) is 59.9 Å². The summed E-state index contributed by atoms with van der Waals surface area (Å²) in [5, 5.41) is 11.3. The van der Waals surface area contributed by atoms with Crippen LogP contribution in [-0.2, 0) is 48.3 Å². The predicted octanol–water partition coefficient (Wildman–Crippen LogP) is 3.51. The van der Waals surface area contributed by atoms with Crippen LogP contribution in [0.1, 0.15) is 37.0 Å². The summed E-state index contributed by atoms with van der Waals surface area (Å²) in [6.45, 7) is 3.09. The molecule has 4 aromatic rings. The summed E-state index contributed by atoms with van der Waals surface area (Å²) in [5.74, 6) is -2.40. The van der Waals surface area contributed by atoms with Crippen molar-refractivity contribution in [3.8, 4) is 0 Å². The number of aromatic amines is 1. The minimum absolute atomic E-state index is 0.00475. The standard InChI is InChI=1S/C36H41N5O7/c1-24(2)17-30(34(44)39-20-32(42)38-21-33(43)47-22-25-11-5-3-6-12-25)40-35(45)31(18-27-19-37-29-16-10-9-15-28(27)29)41-36(46)48-23-26-13-7-4-8-14-26/h3-16,19,24,30-31,37H,17-18,20-23H2,1-2H3,(H,38,42)(H,39,44)(H,40,45)(H,41,46)/t30-,31-/m0/s1. The average Bonchev–Trinajstić information content (AvgIpc) is 3.50. The molecule has 1 heterocycles. The van der Waals surface area contributed by atoms with Gasteiger partial charge in [-0.05, 0) is 35.1 Å². The van der Waals surface area contributed by atoms with Gasteiger partial charge < -0.3 is 35.7 Å². The summed E-state index contributed by atoms with van der Waals surface area (Å²) in [6.07, 6.45) is 1.37. The molecular formula is C36H41N5O7. The van der Waals surface area contributed by atoms with E-state index in [1.54, 1.807) is 6.20 Å². The van der Waals surface area contributed by atoms with Crippen molar-refractivity contribution in [1.82, 2.24) is 26.3 Å². The van der Waals surface area contributed by atoms with Crippen LogP contribution in [0.15, 0.2) is 91.1 Å². The van der Waals surface area contributed by atoms with E-state index in [-0.39, 0.29) is 38.5 Å². The number of carbonyl (C=O) groups is 5. The molecule has 2 atom stereocenters. The topological polar surface area (TPSA) is 168 Å². The molecule has 0 spiro atoms. The van der Waals surface area contributed by atoms with Gasteiger partial charge in [0.25, 0.3) is 0 Å². The fraction of sp³-hybridized carbons (Fsp3) is 0.306. The first kappa shape index (κ1) is 35.2. The van der Waals surface area contributed by atoms with E-state index in [9.17, 15) is 24.0 Å². The summed E-state index contributed by atoms with van der Waals surface area (Å²) in [4.78, 5) is 67.3. The zero-order chi connectivity index (χ0) is 34.3. The van der Waals surface area contributed by atoms with E-state index in [2.05, 4.69) is 26.3 Å². The lowest BCUT2D eigenvalue weighted by Crippen LogP contribution is -2.55. The van der Waals surface area contributed by atoms with Crippen molar-refractivity contribution >= 4 is 40.7 Å². The minimum Gasteiger partial charge on any atom is -0.460 e. The molecule has 252 valence electrons. The Labute approximate surface area is 279 Å². The zero-order valence-electron chi connectivity index (χ0n) is 27.0. The Bertz CT molecular complexity index is 1670. The molecule has 1 aromatic heterocycles. The van der Waals surface area contributed by atoms with Gasteiger partial charge in [0, 0.05) is 23.5 Å². The molecular weight excluding hydrogens is 614 g/mol. The lowest BCUT2D eigenvalue weighted by Gasteiger charge is -2.24. The molecule has 12 heteroatoms. The highest BCUT2D eigenvalue weighted by Crippen LogP contribution is 2.19. The van der Waals surface area contributed by atoms with E-state index < -0.39 is 48.4 Å². The number of hydrogen-bond acceptors (Lipinski definition) is 7. The lowest BCUT2D eigenvalue weighted by atomic mass is 10.0. The number of esters is 1. The minimum atomic E-state index is -1.08. The maximum absolute atomic E-state index is 13.7. The number of H-pyrrole nitrogens is 1. The number of ether oxygens (including phenoxy) is 2. The maximum atomic E-state index is 13.7. The lowest BCUT2D eigenvalue weighted by molar-refractivity contribution is -0.145. The van der Waals surface area contributed by atoms with Crippen LogP contribution in [0, 0.1) is 5.92 Å². The monoisotopic (exact) mass is 655 g/mol. The normalized spacial score (nSPS) is 12.1. The summed E-state index contributed by atoms with van der Waals surface area (Å²) in [7, 11) is 0. The van der Waals surface area contributed by atoms with Crippen molar-refractivity contribution in [2.75, 3.05) is 13.1 Å². The van der Waals surface area contributed by atoms with Crippen molar-refractivity contribution in [2.45, 2.75) is 52.0 Å². The number of rotatable bonds is 16. The van der Waals surface area contributed by atoms with E-state index in [1.807, 2.05) is 98.8 Å². The van der Waals surface area contributed by atoms with Crippen LogP contribution in [0.2, 0.25) is 0 Å². The van der Waals surface area contributed by atoms with E-state index in [1.165, 1.54) is 0 Å². The number of carbonyl (C=O) groups excluding carboxylic acids is 5. The van der Waals surface area contributed by atoms with Crippen LogP contribution in [0.3, 0.4) is 0 Å². The molecule has 0 saturated carbocycles. The van der Waals surface area contributed by atoms with Gasteiger partial charge in [0.15, 0.2) is 0 Å². The van der Waals surface area contributed by atoms with Crippen molar-refractivity contribution in [3.63, 3.8) is 0 Å². The number of fused-ring (bicyclic) bond motifs is 1. The predicted molar refractivity (Wildman–Crippen MR) is 179 cm³/mol. The van der Waals surface area contributed by atoms with Crippen LogP contribution >= 0.6 is 0 Å². The Balaban J connectivity index is 1.35. The Kier molecular flexibility index (Phi) is 13.1. The molecule has 0 aliphatic carbocycles. The van der Waals surface area contributed by atoms with Gasteiger partial charge in [0.2, 0.25) is 17.7 Å². The zero-order valence-corrected chi connectivity index (χ0v) is 27.0. The number of aromatic nitrogens is 1. The van der Waals surface area contributed by atoms with Crippen molar-refractivity contribution in [1.29, 1.82) is 0 Å². The third-order valence-electron chi connectivity index (χ3n) is 7.36. The molecule has 0 radical (unpaired) electrons. The Morgan fingerprint density at radius 1 is 0.688 bits per heavy atom. The molecule has 0 unspecified atom stereocenters. The highest BCUT2D eigenvalue weighted by molar-refractivity contribution is 5.94. The quantitative estimate of drug-likeness (QED) is 0.115. The van der Waals surface area contributed by atoms with Gasteiger partial charge in [-0.2, -0.15) is 0 Å². The summed E-state index contributed by atoms with van der Waals surface area (Å²) >= 11 is 0. The van der Waals surface area contributed by atoms with Gasteiger partial charge in [-0.1, -0.05) is 92.7 Å². The van der Waals surface area contributed by atoms with Gasteiger partial charge in [-0.3, -0.25) is 19.2 Å². The molecule has 48 heavy (non-hydrogen) atoms. The second kappa shape index (κ2) is 17.9. The third-order valence-corrected chi connectivity index (χ3v) is 7.36. The first-order chi connectivity index (χ1) is 23.2. The fourth-order valence-electron chi connectivity index (χ4n) is 4.92. The molecule has 4 rings (SSSR count). The molecule has 5 N–H and O–H groups in total. The first-order valence-corrected chi connectivity index (χ1v) is 15.7.